The number of benzene rings is 1. The maximum Gasteiger partial charge on any atom is 0.261 e. The van der Waals surface area contributed by atoms with Gasteiger partial charge in [-0.1, -0.05) is 13.8 Å². The highest BCUT2D eigenvalue weighted by Gasteiger charge is 2.19. The van der Waals surface area contributed by atoms with Crippen molar-refractivity contribution >= 4 is 5.91 Å². The molecule has 0 saturated carbocycles. The van der Waals surface area contributed by atoms with Gasteiger partial charge in [0, 0.05) is 12.6 Å². The van der Waals surface area contributed by atoms with E-state index in [0.29, 0.717) is 18.2 Å². The number of carbonyl (C=O) groups excluding carboxylic acids is 1. The number of nitrogens with one attached hydrogen (secondary N) is 1. The fraction of sp³-hybridized carbons (Fsp3) is 0.562. The Hall–Kier alpha value is -1.75. The lowest BCUT2D eigenvalue weighted by Crippen LogP contribution is -2.46. The maximum atomic E-state index is 12.1. The lowest BCUT2D eigenvalue weighted by molar-refractivity contribution is -0.128. The van der Waals surface area contributed by atoms with E-state index < -0.39 is 6.10 Å². The SMILES string of the molecule is COc1ccc(OC(C)C(=O)NC(CN)CC(C)C)cc1. The lowest BCUT2D eigenvalue weighted by atomic mass is 10.0. The van der Waals surface area contributed by atoms with Crippen molar-refractivity contribution in [2.24, 2.45) is 11.7 Å². The second-order valence-electron chi connectivity index (χ2n) is 5.51. The first-order valence-corrected chi connectivity index (χ1v) is 7.27. The Labute approximate surface area is 126 Å². The van der Waals surface area contributed by atoms with E-state index in [9.17, 15) is 4.79 Å². The van der Waals surface area contributed by atoms with Gasteiger partial charge in [0.25, 0.3) is 5.91 Å². The summed E-state index contributed by atoms with van der Waals surface area (Å²) in [7, 11) is 1.60. The minimum absolute atomic E-state index is 0.0144. The summed E-state index contributed by atoms with van der Waals surface area (Å²) in [5.41, 5.74) is 5.68. The average molecular weight is 294 g/mol. The van der Waals surface area contributed by atoms with Gasteiger partial charge < -0.3 is 20.5 Å². The van der Waals surface area contributed by atoms with Gasteiger partial charge in [0.1, 0.15) is 11.5 Å². The molecule has 0 heterocycles. The molecule has 0 fully saturated rings. The number of nitrogens with two attached hydrogens (primary N) is 1. The number of hydrogen-bond donors (Lipinski definition) is 2. The molecule has 0 radical (unpaired) electrons. The standard InChI is InChI=1S/C16H26N2O3/c1-11(2)9-13(10-17)18-16(19)12(3)21-15-7-5-14(20-4)6-8-15/h5-8,11-13H,9-10,17H2,1-4H3,(H,18,19). The van der Waals surface area contributed by atoms with Crippen LogP contribution < -0.4 is 20.5 Å². The fourth-order valence-corrected chi connectivity index (χ4v) is 2.01. The number of amides is 1. The average Bonchev–Trinajstić information content (AvgIpc) is 2.46. The van der Waals surface area contributed by atoms with Gasteiger partial charge in [-0.05, 0) is 43.5 Å². The molecular weight excluding hydrogens is 268 g/mol. The molecule has 2 atom stereocenters. The van der Waals surface area contributed by atoms with Crippen LogP contribution in [0.4, 0.5) is 0 Å². The second kappa shape index (κ2) is 8.52. The third kappa shape index (κ3) is 6.04. The zero-order valence-corrected chi connectivity index (χ0v) is 13.3. The molecule has 5 heteroatoms. The van der Waals surface area contributed by atoms with Crippen LogP contribution in [0.5, 0.6) is 11.5 Å². The first-order chi connectivity index (χ1) is 9.96. The summed E-state index contributed by atoms with van der Waals surface area (Å²) in [6, 6.07) is 7.12. The number of hydrogen-bond acceptors (Lipinski definition) is 4. The Balaban J connectivity index is 2.52. The largest absolute Gasteiger partial charge is 0.497 e. The van der Waals surface area contributed by atoms with Crippen molar-refractivity contribution in [2.75, 3.05) is 13.7 Å². The normalized spacial score (nSPS) is 13.6. The minimum atomic E-state index is -0.570. The highest BCUT2D eigenvalue weighted by Crippen LogP contribution is 2.18. The number of carbonyl (C=O) groups is 1. The zero-order valence-electron chi connectivity index (χ0n) is 13.3. The molecule has 5 nitrogen and oxygen atoms in total. The van der Waals surface area contributed by atoms with Crippen LogP contribution in [-0.2, 0) is 4.79 Å². The molecule has 0 aliphatic rings. The third-order valence-electron chi connectivity index (χ3n) is 3.13. The molecule has 0 aliphatic heterocycles. The summed E-state index contributed by atoms with van der Waals surface area (Å²) in [6.45, 7) is 6.36. The zero-order chi connectivity index (χ0) is 15.8. The van der Waals surface area contributed by atoms with E-state index in [4.69, 9.17) is 15.2 Å². The van der Waals surface area contributed by atoms with Gasteiger partial charge in [-0.25, -0.2) is 0 Å². The van der Waals surface area contributed by atoms with Crippen LogP contribution in [0.25, 0.3) is 0 Å². The molecule has 0 aliphatic carbocycles. The Morgan fingerprint density at radius 3 is 2.24 bits per heavy atom. The molecule has 21 heavy (non-hydrogen) atoms. The first kappa shape index (κ1) is 17.3. The highest BCUT2D eigenvalue weighted by atomic mass is 16.5. The van der Waals surface area contributed by atoms with Crippen molar-refractivity contribution in [3.05, 3.63) is 24.3 Å². The van der Waals surface area contributed by atoms with Crippen LogP contribution in [0, 0.1) is 5.92 Å². The summed E-state index contributed by atoms with van der Waals surface area (Å²) in [4.78, 5) is 12.1. The summed E-state index contributed by atoms with van der Waals surface area (Å²) < 4.78 is 10.7. The molecule has 1 rings (SSSR count). The van der Waals surface area contributed by atoms with Crippen molar-refractivity contribution in [3.63, 3.8) is 0 Å². The summed E-state index contributed by atoms with van der Waals surface area (Å²) >= 11 is 0. The van der Waals surface area contributed by atoms with E-state index >= 15 is 0 Å². The van der Waals surface area contributed by atoms with Crippen molar-refractivity contribution in [3.8, 4) is 11.5 Å². The van der Waals surface area contributed by atoms with Gasteiger partial charge in [0.15, 0.2) is 6.10 Å². The Bertz CT molecular complexity index is 432. The smallest absolute Gasteiger partial charge is 0.261 e. The van der Waals surface area contributed by atoms with E-state index in [1.165, 1.54) is 0 Å². The Morgan fingerprint density at radius 1 is 1.19 bits per heavy atom. The first-order valence-electron chi connectivity index (χ1n) is 7.27. The van der Waals surface area contributed by atoms with Gasteiger partial charge >= 0.3 is 0 Å². The van der Waals surface area contributed by atoms with E-state index in [-0.39, 0.29) is 11.9 Å². The molecule has 0 saturated heterocycles. The topological polar surface area (TPSA) is 73.6 Å². The van der Waals surface area contributed by atoms with E-state index in [1.54, 1.807) is 38.3 Å². The molecule has 118 valence electrons. The lowest BCUT2D eigenvalue weighted by Gasteiger charge is -2.21. The maximum absolute atomic E-state index is 12.1. The van der Waals surface area contributed by atoms with Crippen molar-refractivity contribution in [1.82, 2.24) is 5.32 Å². The molecule has 1 aromatic carbocycles. The van der Waals surface area contributed by atoms with Gasteiger partial charge in [0.05, 0.1) is 7.11 Å². The third-order valence-corrected chi connectivity index (χ3v) is 3.13. The predicted octanol–water partition coefficient (Wildman–Crippen LogP) is 1.95. The van der Waals surface area contributed by atoms with Gasteiger partial charge in [-0.15, -0.1) is 0 Å². The van der Waals surface area contributed by atoms with E-state index in [0.717, 1.165) is 12.2 Å². The molecule has 2 unspecified atom stereocenters. The quantitative estimate of drug-likeness (QED) is 0.768. The summed E-state index contributed by atoms with van der Waals surface area (Å²) in [5, 5.41) is 2.93. The molecule has 0 bridgehead atoms. The van der Waals surface area contributed by atoms with Gasteiger partial charge in [-0.3, -0.25) is 4.79 Å². The van der Waals surface area contributed by atoms with Crippen LogP contribution >= 0.6 is 0 Å². The van der Waals surface area contributed by atoms with Crippen LogP contribution in [0.1, 0.15) is 27.2 Å². The molecule has 0 aromatic heterocycles. The minimum Gasteiger partial charge on any atom is -0.497 e. The van der Waals surface area contributed by atoms with Crippen LogP contribution in [-0.4, -0.2) is 31.7 Å². The second-order valence-corrected chi connectivity index (χ2v) is 5.51. The predicted molar refractivity (Wildman–Crippen MR) is 83.5 cm³/mol. The number of rotatable bonds is 8. The molecule has 1 aromatic rings. The Kier molecular flexibility index (Phi) is 7.02. The molecule has 1 amide bonds. The van der Waals surface area contributed by atoms with Crippen molar-refractivity contribution in [1.29, 1.82) is 0 Å². The van der Waals surface area contributed by atoms with E-state index in [1.807, 2.05) is 0 Å². The monoisotopic (exact) mass is 294 g/mol. The summed E-state index contributed by atoms with van der Waals surface area (Å²) in [5.74, 6) is 1.71. The molecular formula is C16H26N2O3. The van der Waals surface area contributed by atoms with Gasteiger partial charge in [0.2, 0.25) is 0 Å². The molecule has 3 N–H and O–H groups in total. The Morgan fingerprint density at radius 2 is 1.76 bits per heavy atom. The summed E-state index contributed by atoms with van der Waals surface area (Å²) in [6.07, 6.45) is 0.289. The van der Waals surface area contributed by atoms with Crippen molar-refractivity contribution in [2.45, 2.75) is 39.3 Å². The van der Waals surface area contributed by atoms with Crippen LogP contribution in [0.2, 0.25) is 0 Å². The highest BCUT2D eigenvalue weighted by molar-refractivity contribution is 5.81. The number of methoxy groups -OCH3 is 1. The van der Waals surface area contributed by atoms with Crippen LogP contribution in [0.3, 0.4) is 0 Å². The number of ether oxygens (including phenoxy) is 2. The van der Waals surface area contributed by atoms with Crippen LogP contribution in [0.15, 0.2) is 24.3 Å². The van der Waals surface area contributed by atoms with Crippen molar-refractivity contribution < 1.29 is 14.3 Å². The van der Waals surface area contributed by atoms with E-state index in [2.05, 4.69) is 19.2 Å². The molecule has 0 spiro atoms. The van der Waals surface area contributed by atoms with Gasteiger partial charge in [-0.2, -0.15) is 0 Å². The fourth-order valence-electron chi connectivity index (χ4n) is 2.01.